The second-order valence-electron chi connectivity index (χ2n) is 7.06. The molecular weight excluding hydrogens is 427 g/mol. The molecule has 0 spiro atoms. The molecule has 0 saturated heterocycles. The fraction of sp³-hybridized carbons (Fsp3) is 0.182. The van der Waals surface area contributed by atoms with Gasteiger partial charge in [-0.15, -0.1) is 0 Å². The first-order valence-corrected chi connectivity index (χ1v) is 11.3. The Kier molecular flexibility index (Phi) is 5.09. The van der Waals surface area contributed by atoms with Gasteiger partial charge in [-0.3, -0.25) is 9.67 Å². The van der Waals surface area contributed by atoms with Gasteiger partial charge < -0.3 is 0 Å². The summed E-state index contributed by atoms with van der Waals surface area (Å²) in [5.41, 5.74) is 0.538. The lowest BCUT2D eigenvalue weighted by Crippen LogP contribution is -2.15. The first-order chi connectivity index (χ1) is 14.6. The molecule has 4 aromatic rings. The van der Waals surface area contributed by atoms with Gasteiger partial charge in [0.1, 0.15) is 5.69 Å². The summed E-state index contributed by atoms with van der Waals surface area (Å²) in [6, 6.07) is 14.2. The summed E-state index contributed by atoms with van der Waals surface area (Å²) >= 11 is 0. The maximum atomic E-state index is 14.2. The van der Waals surface area contributed by atoms with Gasteiger partial charge in [-0.05, 0) is 36.8 Å². The highest BCUT2D eigenvalue weighted by Gasteiger charge is 2.40. The number of sulfone groups is 1. The number of hydrogen-bond donors (Lipinski definition) is 0. The topological polar surface area (TPSA) is 64.8 Å². The summed E-state index contributed by atoms with van der Waals surface area (Å²) in [5, 5.41) is 4.84. The van der Waals surface area contributed by atoms with E-state index in [1.165, 1.54) is 30.5 Å². The Hall–Kier alpha value is -3.20. The third kappa shape index (κ3) is 3.81. The van der Waals surface area contributed by atoms with Gasteiger partial charge in [0.25, 0.3) is 0 Å². The predicted octanol–water partition coefficient (Wildman–Crippen LogP) is 5.21. The minimum atomic E-state index is -4.65. The molecule has 31 heavy (non-hydrogen) atoms. The zero-order chi connectivity index (χ0) is 22.4. The molecule has 0 aliphatic carbocycles. The molecule has 4 rings (SSSR count). The van der Waals surface area contributed by atoms with Crippen molar-refractivity contribution in [3.05, 3.63) is 66.5 Å². The minimum absolute atomic E-state index is 0.0201. The Bertz CT molecular complexity index is 1370. The van der Waals surface area contributed by atoms with E-state index in [9.17, 15) is 21.6 Å². The van der Waals surface area contributed by atoms with E-state index < -0.39 is 21.7 Å². The van der Waals surface area contributed by atoms with Crippen LogP contribution < -0.4 is 0 Å². The fourth-order valence-corrected chi connectivity index (χ4v) is 4.24. The molecule has 9 heteroatoms. The number of pyridine rings is 1. The van der Waals surface area contributed by atoms with E-state index in [4.69, 9.17) is 0 Å². The minimum Gasteiger partial charge on any atom is -0.260 e. The Morgan fingerprint density at radius 1 is 1.00 bits per heavy atom. The summed E-state index contributed by atoms with van der Waals surface area (Å²) in [7, 11) is -3.44. The fourth-order valence-electron chi connectivity index (χ4n) is 3.61. The van der Waals surface area contributed by atoms with Crippen LogP contribution in [0.2, 0.25) is 0 Å². The summed E-state index contributed by atoms with van der Waals surface area (Å²) in [6.07, 6.45) is -2.10. The molecule has 2 aromatic carbocycles. The average Bonchev–Trinajstić information content (AvgIpc) is 3.13. The van der Waals surface area contributed by atoms with Crippen molar-refractivity contribution in [1.29, 1.82) is 0 Å². The van der Waals surface area contributed by atoms with Crippen molar-refractivity contribution in [2.75, 3.05) is 6.26 Å². The van der Waals surface area contributed by atoms with Gasteiger partial charge in [-0.25, -0.2) is 8.42 Å². The molecule has 0 aliphatic rings. The molecule has 0 aliphatic heterocycles. The lowest BCUT2D eigenvalue weighted by atomic mass is 9.96. The number of hydrogen-bond acceptors (Lipinski definition) is 4. The molecule has 5 nitrogen and oxygen atoms in total. The Balaban J connectivity index is 2.07. The van der Waals surface area contributed by atoms with Crippen molar-refractivity contribution < 1.29 is 21.6 Å². The number of nitrogens with zero attached hydrogens (tertiary/aromatic N) is 3. The molecular formula is C22H18F3N3O2S. The molecule has 0 saturated carbocycles. The highest BCUT2D eigenvalue weighted by atomic mass is 32.2. The molecule has 0 N–H and O–H groups in total. The van der Waals surface area contributed by atoms with Crippen LogP contribution in [0.1, 0.15) is 12.6 Å². The van der Waals surface area contributed by atoms with Crippen molar-refractivity contribution in [3.8, 4) is 22.4 Å². The van der Waals surface area contributed by atoms with Crippen LogP contribution in [0.4, 0.5) is 13.2 Å². The number of aromatic nitrogens is 3. The third-order valence-corrected chi connectivity index (χ3v) is 6.12. The lowest BCUT2D eigenvalue weighted by molar-refractivity contribution is -0.143. The number of para-hydroxylation sites is 1. The smallest absolute Gasteiger partial charge is 0.260 e. The zero-order valence-corrected chi connectivity index (χ0v) is 17.5. The van der Waals surface area contributed by atoms with Crippen LogP contribution >= 0.6 is 0 Å². The number of aryl methyl sites for hydroxylation is 1. The highest BCUT2D eigenvalue weighted by molar-refractivity contribution is 7.90. The van der Waals surface area contributed by atoms with Crippen molar-refractivity contribution in [1.82, 2.24) is 14.8 Å². The van der Waals surface area contributed by atoms with Gasteiger partial charge >= 0.3 is 6.18 Å². The largest absolute Gasteiger partial charge is 0.433 e. The maximum absolute atomic E-state index is 14.2. The van der Waals surface area contributed by atoms with Gasteiger partial charge in [0.05, 0.1) is 10.4 Å². The lowest BCUT2D eigenvalue weighted by Gasteiger charge is -2.13. The number of halogens is 3. The summed E-state index contributed by atoms with van der Waals surface area (Å²) in [4.78, 5) is 4.33. The van der Waals surface area contributed by atoms with Crippen LogP contribution in [0.15, 0.2) is 65.7 Å². The van der Waals surface area contributed by atoms with Crippen LogP contribution in [0.25, 0.3) is 33.3 Å². The van der Waals surface area contributed by atoms with Crippen LogP contribution in [-0.2, 0) is 22.6 Å². The standard InChI is InChI=1S/C22H18F3N3O2S/c1-3-28-21(22(23,24)25)19(17-12-13-26-18-7-5-4-6-16(17)18)20(27-28)14-8-10-15(11-9-14)31(2,29)30/h4-13H,3H2,1-2H3. The van der Waals surface area contributed by atoms with E-state index in [-0.39, 0.29) is 22.7 Å². The van der Waals surface area contributed by atoms with Crippen LogP contribution in [0.3, 0.4) is 0 Å². The van der Waals surface area contributed by atoms with Gasteiger partial charge in [-0.1, -0.05) is 30.3 Å². The highest BCUT2D eigenvalue weighted by Crippen LogP contribution is 2.44. The third-order valence-electron chi connectivity index (χ3n) is 4.99. The summed E-state index contributed by atoms with van der Waals surface area (Å²) < 4.78 is 67.0. The van der Waals surface area contributed by atoms with Gasteiger partial charge in [0.15, 0.2) is 15.5 Å². The summed E-state index contributed by atoms with van der Waals surface area (Å²) in [5.74, 6) is 0. The number of benzene rings is 2. The van der Waals surface area contributed by atoms with Gasteiger partial charge in [0.2, 0.25) is 0 Å². The molecule has 0 amide bonds. The first-order valence-electron chi connectivity index (χ1n) is 9.44. The van der Waals surface area contributed by atoms with E-state index in [0.29, 0.717) is 22.0 Å². The van der Waals surface area contributed by atoms with E-state index in [2.05, 4.69) is 10.1 Å². The van der Waals surface area contributed by atoms with Crippen LogP contribution in [0.5, 0.6) is 0 Å². The Morgan fingerprint density at radius 3 is 2.29 bits per heavy atom. The van der Waals surface area contributed by atoms with E-state index in [1.807, 2.05) is 0 Å². The van der Waals surface area contributed by atoms with Crippen LogP contribution in [-0.4, -0.2) is 29.4 Å². The summed E-state index contributed by atoms with van der Waals surface area (Å²) in [6.45, 7) is 1.61. The van der Waals surface area contributed by atoms with Gasteiger partial charge in [-0.2, -0.15) is 18.3 Å². The maximum Gasteiger partial charge on any atom is 0.433 e. The van der Waals surface area contributed by atoms with Crippen molar-refractivity contribution in [2.45, 2.75) is 24.5 Å². The molecule has 160 valence electrons. The molecule has 0 radical (unpaired) electrons. The van der Waals surface area contributed by atoms with Crippen molar-refractivity contribution in [2.24, 2.45) is 0 Å². The number of alkyl halides is 3. The first kappa shape index (κ1) is 21.0. The normalized spacial score (nSPS) is 12.4. The van der Waals surface area contributed by atoms with Crippen molar-refractivity contribution >= 4 is 20.7 Å². The number of rotatable bonds is 4. The second kappa shape index (κ2) is 7.49. The number of fused-ring (bicyclic) bond motifs is 1. The molecule has 0 bridgehead atoms. The van der Waals surface area contributed by atoms with E-state index in [0.717, 1.165) is 10.9 Å². The molecule has 2 heterocycles. The predicted molar refractivity (Wildman–Crippen MR) is 112 cm³/mol. The van der Waals surface area contributed by atoms with Gasteiger partial charge in [0, 0.05) is 35.5 Å². The second-order valence-corrected chi connectivity index (χ2v) is 9.07. The Labute approximate surface area is 177 Å². The monoisotopic (exact) mass is 445 g/mol. The average molecular weight is 445 g/mol. The molecule has 0 atom stereocenters. The Morgan fingerprint density at radius 2 is 1.68 bits per heavy atom. The van der Waals surface area contributed by atoms with E-state index in [1.54, 1.807) is 37.3 Å². The van der Waals surface area contributed by atoms with Crippen molar-refractivity contribution in [3.63, 3.8) is 0 Å². The SMILES string of the molecule is CCn1nc(-c2ccc(S(C)(=O)=O)cc2)c(-c2ccnc3ccccc23)c1C(F)(F)F. The molecule has 0 fully saturated rings. The molecule has 2 aromatic heterocycles. The molecule has 0 unspecified atom stereocenters. The van der Waals surface area contributed by atoms with E-state index >= 15 is 0 Å². The van der Waals surface area contributed by atoms with Crippen LogP contribution in [0, 0.1) is 0 Å². The quantitative estimate of drug-likeness (QED) is 0.433. The zero-order valence-electron chi connectivity index (χ0n) is 16.7.